The maximum Gasteiger partial charge on any atom is 0.0390 e. The highest BCUT2D eigenvalue weighted by Gasteiger charge is 1.94. The van der Waals surface area contributed by atoms with E-state index in [2.05, 4.69) is 24.3 Å². The Morgan fingerprint density at radius 1 is 0.938 bits per heavy atom. The van der Waals surface area contributed by atoms with E-state index in [-0.39, 0.29) is 0 Å². The average Bonchev–Trinajstić information content (AvgIpc) is 2.29. The molecule has 0 aliphatic carbocycles. The van der Waals surface area contributed by atoms with Gasteiger partial charge in [0.15, 0.2) is 0 Å². The van der Waals surface area contributed by atoms with Crippen molar-refractivity contribution in [2.24, 2.45) is 0 Å². The molecule has 0 radical (unpaired) electrons. The lowest BCUT2D eigenvalue weighted by atomic mass is 10.1. The van der Waals surface area contributed by atoms with Crippen LogP contribution in [-0.2, 0) is 0 Å². The Labute approximate surface area is 96.2 Å². The zero-order chi connectivity index (χ0) is 11.4. The number of benzene rings is 2. The summed E-state index contributed by atoms with van der Waals surface area (Å²) >= 11 is 0. The molecule has 0 aromatic heterocycles. The second kappa shape index (κ2) is 4.67. The maximum atomic E-state index is 5.93. The van der Waals surface area contributed by atoms with Gasteiger partial charge in [0.2, 0.25) is 0 Å². The quantitative estimate of drug-likeness (QED) is 0.591. The Balaban J connectivity index is 2.24. The van der Waals surface area contributed by atoms with Crippen LogP contribution in [0, 0.1) is 6.92 Å². The summed E-state index contributed by atoms with van der Waals surface area (Å²) in [6, 6.07) is 16.3. The van der Waals surface area contributed by atoms with E-state index in [1.54, 1.807) is 0 Å². The fraction of sp³-hybridized carbons (Fsp3) is 0.0667. The fourth-order valence-electron chi connectivity index (χ4n) is 1.60. The number of anilines is 1. The molecule has 1 nitrogen and oxygen atoms in total. The minimum Gasteiger partial charge on any atom is -0.398 e. The van der Waals surface area contributed by atoms with E-state index in [0.717, 1.165) is 11.3 Å². The lowest BCUT2D eigenvalue weighted by Gasteiger charge is -2.01. The van der Waals surface area contributed by atoms with Crippen LogP contribution in [0.2, 0.25) is 0 Å². The molecule has 16 heavy (non-hydrogen) atoms. The van der Waals surface area contributed by atoms with E-state index in [9.17, 15) is 0 Å². The van der Waals surface area contributed by atoms with Crippen LogP contribution in [0.1, 0.15) is 16.7 Å². The molecule has 2 aromatic carbocycles. The van der Waals surface area contributed by atoms with E-state index < -0.39 is 0 Å². The summed E-state index contributed by atoms with van der Waals surface area (Å²) < 4.78 is 0. The number of rotatable bonds is 2. The highest BCUT2D eigenvalue weighted by molar-refractivity contribution is 5.75. The number of nitrogens with two attached hydrogens (primary N) is 1. The van der Waals surface area contributed by atoms with Crippen LogP contribution in [0.3, 0.4) is 0 Å². The highest BCUT2D eigenvalue weighted by atomic mass is 14.6. The lowest BCUT2D eigenvalue weighted by molar-refractivity contribution is 1.46. The summed E-state index contributed by atoms with van der Waals surface area (Å²) in [6.45, 7) is 2.04. The van der Waals surface area contributed by atoms with Crippen LogP contribution < -0.4 is 5.73 Å². The zero-order valence-corrected chi connectivity index (χ0v) is 9.35. The summed E-state index contributed by atoms with van der Waals surface area (Å²) in [6.07, 6.45) is 4.12. The summed E-state index contributed by atoms with van der Waals surface area (Å²) in [7, 11) is 0. The molecule has 0 amide bonds. The Morgan fingerprint density at radius 3 is 2.38 bits per heavy atom. The van der Waals surface area contributed by atoms with Gasteiger partial charge in [-0.3, -0.25) is 0 Å². The predicted octanol–water partition coefficient (Wildman–Crippen LogP) is 3.75. The standard InChI is InChI=1S/C15H15N/c1-12-7-9-14(15(16)11-12)10-8-13-5-3-2-4-6-13/h2-11H,16H2,1H3. The van der Waals surface area contributed by atoms with E-state index in [1.807, 2.05) is 43.3 Å². The molecule has 80 valence electrons. The van der Waals surface area contributed by atoms with Gasteiger partial charge in [0, 0.05) is 5.69 Å². The van der Waals surface area contributed by atoms with Crippen molar-refractivity contribution in [1.82, 2.24) is 0 Å². The van der Waals surface area contributed by atoms with Gasteiger partial charge in [-0.1, -0.05) is 54.6 Å². The van der Waals surface area contributed by atoms with E-state index in [1.165, 1.54) is 11.1 Å². The van der Waals surface area contributed by atoms with Crippen molar-refractivity contribution in [3.05, 3.63) is 65.2 Å². The van der Waals surface area contributed by atoms with Crippen molar-refractivity contribution in [1.29, 1.82) is 0 Å². The van der Waals surface area contributed by atoms with E-state index >= 15 is 0 Å². The Bertz CT molecular complexity index is 498. The molecular weight excluding hydrogens is 194 g/mol. The first kappa shape index (κ1) is 10.5. The molecular formula is C15H15N. The first-order valence-corrected chi connectivity index (χ1v) is 5.35. The highest BCUT2D eigenvalue weighted by Crippen LogP contribution is 2.16. The minimum absolute atomic E-state index is 0.826. The third-order valence-electron chi connectivity index (χ3n) is 2.50. The van der Waals surface area contributed by atoms with Crippen LogP contribution in [0.25, 0.3) is 12.2 Å². The van der Waals surface area contributed by atoms with Crippen LogP contribution in [0.5, 0.6) is 0 Å². The maximum absolute atomic E-state index is 5.93. The molecule has 0 spiro atoms. The molecule has 0 saturated heterocycles. The minimum atomic E-state index is 0.826. The normalized spacial score (nSPS) is 10.8. The number of nitrogen functional groups attached to an aromatic ring is 1. The molecule has 0 fully saturated rings. The number of hydrogen-bond donors (Lipinski definition) is 1. The van der Waals surface area contributed by atoms with Crippen molar-refractivity contribution in [3.8, 4) is 0 Å². The molecule has 0 aliphatic heterocycles. The van der Waals surface area contributed by atoms with E-state index in [0.29, 0.717) is 0 Å². The van der Waals surface area contributed by atoms with E-state index in [4.69, 9.17) is 5.73 Å². The van der Waals surface area contributed by atoms with Crippen LogP contribution in [0.4, 0.5) is 5.69 Å². The van der Waals surface area contributed by atoms with Crippen LogP contribution in [0.15, 0.2) is 48.5 Å². The van der Waals surface area contributed by atoms with Crippen molar-refractivity contribution < 1.29 is 0 Å². The topological polar surface area (TPSA) is 26.0 Å². The van der Waals surface area contributed by atoms with Gasteiger partial charge in [0.05, 0.1) is 0 Å². The van der Waals surface area contributed by atoms with Gasteiger partial charge in [-0.25, -0.2) is 0 Å². The number of hydrogen-bond acceptors (Lipinski definition) is 1. The Hall–Kier alpha value is -2.02. The van der Waals surface area contributed by atoms with Gasteiger partial charge < -0.3 is 5.73 Å². The van der Waals surface area contributed by atoms with Gasteiger partial charge >= 0.3 is 0 Å². The third kappa shape index (κ3) is 2.51. The molecule has 2 aromatic rings. The molecule has 0 bridgehead atoms. The van der Waals surface area contributed by atoms with Crippen molar-refractivity contribution >= 4 is 17.8 Å². The van der Waals surface area contributed by atoms with Gasteiger partial charge in [0.25, 0.3) is 0 Å². The fourth-order valence-corrected chi connectivity index (χ4v) is 1.60. The Kier molecular flexibility index (Phi) is 3.06. The molecule has 0 saturated carbocycles. The van der Waals surface area contributed by atoms with Gasteiger partial charge in [-0.2, -0.15) is 0 Å². The van der Waals surface area contributed by atoms with Crippen LogP contribution >= 0.6 is 0 Å². The van der Waals surface area contributed by atoms with Crippen molar-refractivity contribution in [3.63, 3.8) is 0 Å². The SMILES string of the molecule is Cc1ccc(C=Cc2ccccc2)c(N)c1. The molecule has 0 aliphatic rings. The molecule has 0 unspecified atom stereocenters. The zero-order valence-electron chi connectivity index (χ0n) is 9.35. The lowest BCUT2D eigenvalue weighted by Crippen LogP contribution is -1.89. The average molecular weight is 209 g/mol. The molecule has 2 rings (SSSR count). The predicted molar refractivity (Wildman–Crippen MR) is 71.0 cm³/mol. The summed E-state index contributed by atoms with van der Waals surface area (Å²) in [5.74, 6) is 0. The second-order valence-electron chi connectivity index (χ2n) is 3.88. The third-order valence-corrected chi connectivity index (χ3v) is 2.50. The summed E-state index contributed by atoms with van der Waals surface area (Å²) in [5.41, 5.74) is 10.2. The Morgan fingerprint density at radius 2 is 1.69 bits per heavy atom. The first-order valence-electron chi connectivity index (χ1n) is 5.35. The molecule has 1 heteroatoms. The summed E-state index contributed by atoms with van der Waals surface area (Å²) in [4.78, 5) is 0. The molecule has 0 heterocycles. The van der Waals surface area contributed by atoms with Crippen molar-refractivity contribution in [2.75, 3.05) is 5.73 Å². The van der Waals surface area contributed by atoms with Gasteiger partial charge in [-0.15, -0.1) is 0 Å². The van der Waals surface area contributed by atoms with Crippen LogP contribution in [-0.4, -0.2) is 0 Å². The molecule has 2 N–H and O–H groups in total. The monoisotopic (exact) mass is 209 g/mol. The smallest absolute Gasteiger partial charge is 0.0390 e. The van der Waals surface area contributed by atoms with Gasteiger partial charge in [0.1, 0.15) is 0 Å². The number of aryl methyl sites for hydroxylation is 1. The van der Waals surface area contributed by atoms with Crippen molar-refractivity contribution in [2.45, 2.75) is 6.92 Å². The van der Waals surface area contributed by atoms with Gasteiger partial charge in [-0.05, 0) is 29.7 Å². The molecule has 0 atom stereocenters. The largest absolute Gasteiger partial charge is 0.398 e. The summed E-state index contributed by atoms with van der Waals surface area (Å²) in [5, 5.41) is 0. The first-order chi connectivity index (χ1) is 7.75. The second-order valence-corrected chi connectivity index (χ2v) is 3.88.